The molecule has 26 heavy (non-hydrogen) atoms. The predicted octanol–water partition coefficient (Wildman–Crippen LogP) is 3.16. The van der Waals surface area contributed by atoms with E-state index in [2.05, 4.69) is 0 Å². The minimum absolute atomic E-state index is 0.417. The van der Waals surface area contributed by atoms with Crippen LogP contribution >= 0.6 is 7.14 Å². The van der Waals surface area contributed by atoms with Crippen LogP contribution in [0.2, 0.25) is 0 Å². The molecule has 0 aliphatic rings. The summed E-state index contributed by atoms with van der Waals surface area (Å²) in [5.41, 5.74) is 1.54. The zero-order valence-electron chi connectivity index (χ0n) is 15.3. The molecule has 0 spiro atoms. The van der Waals surface area contributed by atoms with Crippen LogP contribution < -0.4 is 10.6 Å². The van der Waals surface area contributed by atoms with Gasteiger partial charge in [0.2, 0.25) is 0 Å². The van der Waals surface area contributed by atoms with Gasteiger partial charge in [0.25, 0.3) is 0 Å². The molecule has 2 N–H and O–H groups in total. The van der Waals surface area contributed by atoms with Crippen molar-refractivity contribution < 1.29 is 24.4 Å². The fourth-order valence-corrected chi connectivity index (χ4v) is 6.80. The van der Waals surface area contributed by atoms with Crippen molar-refractivity contribution in [3.63, 3.8) is 0 Å². The van der Waals surface area contributed by atoms with E-state index >= 15 is 0 Å². The zero-order chi connectivity index (χ0) is 19.6. The first-order valence-electron chi connectivity index (χ1n) is 8.27. The molecule has 2 aromatic rings. The number of carboxylic acids is 2. The van der Waals surface area contributed by atoms with E-state index in [1.807, 2.05) is 26.0 Å². The Morgan fingerprint density at radius 3 is 1.65 bits per heavy atom. The van der Waals surface area contributed by atoms with Gasteiger partial charge in [-0.25, -0.2) is 0 Å². The number of hydrogen-bond donors (Lipinski definition) is 2. The topological polar surface area (TPSA) is 91.7 Å². The molecular weight excluding hydrogens is 351 g/mol. The van der Waals surface area contributed by atoms with E-state index in [-0.39, 0.29) is 0 Å². The lowest BCUT2D eigenvalue weighted by Gasteiger charge is -2.28. The first kappa shape index (κ1) is 19.9. The monoisotopic (exact) mass is 374 g/mol. The van der Waals surface area contributed by atoms with E-state index in [1.54, 1.807) is 38.1 Å². The van der Waals surface area contributed by atoms with Crippen molar-refractivity contribution in [3.8, 4) is 0 Å². The van der Waals surface area contributed by atoms with Gasteiger partial charge in [-0.2, -0.15) is 0 Å². The molecule has 6 heteroatoms. The number of aliphatic carboxylic acids is 2. The Hall–Kier alpha value is -2.39. The standard InChI is InChI=1S/C20H23O5P/c1-12-5-7-14(3)16(9-12)26(25,18(20(23)24)11-19(21)22)17-10-13(2)6-8-15(17)4/h5-10,18H,11H2,1-4H3,(H,21,22)(H,23,24). The van der Waals surface area contributed by atoms with E-state index < -0.39 is 31.2 Å². The van der Waals surface area contributed by atoms with Crippen LogP contribution in [0.25, 0.3) is 0 Å². The number of benzene rings is 2. The SMILES string of the molecule is Cc1ccc(C)c(P(=O)(c2cc(C)ccc2C)C(CC(=O)O)C(=O)O)c1. The van der Waals surface area contributed by atoms with Gasteiger partial charge in [-0.1, -0.05) is 35.4 Å². The lowest BCUT2D eigenvalue weighted by atomic mass is 10.2. The van der Waals surface area contributed by atoms with Crippen molar-refractivity contribution in [2.24, 2.45) is 0 Å². The van der Waals surface area contributed by atoms with Crippen LogP contribution in [0.3, 0.4) is 0 Å². The summed E-state index contributed by atoms with van der Waals surface area (Å²) in [7, 11) is -3.75. The molecule has 138 valence electrons. The highest BCUT2D eigenvalue weighted by atomic mass is 31.2. The maximum atomic E-state index is 14.4. The highest BCUT2D eigenvalue weighted by Gasteiger charge is 2.44. The lowest BCUT2D eigenvalue weighted by Crippen LogP contribution is -2.35. The normalized spacial score (nSPS) is 12.6. The summed E-state index contributed by atoms with van der Waals surface area (Å²) in [6.07, 6.45) is -0.701. The molecular formula is C20H23O5P. The van der Waals surface area contributed by atoms with Gasteiger partial charge in [-0.05, 0) is 51.0 Å². The first-order chi connectivity index (χ1) is 12.1. The van der Waals surface area contributed by atoms with Crippen LogP contribution in [0.5, 0.6) is 0 Å². The summed E-state index contributed by atoms with van der Waals surface area (Å²) in [6.45, 7) is 7.21. The van der Waals surface area contributed by atoms with Crippen molar-refractivity contribution in [3.05, 3.63) is 58.7 Å². The second-order valence-electron chi connectivity index (χ2n) is 6.69. The molecule has 2 aromatic carbocycles. The average molecular weight is 374 g/mol. The third-order valence-electron chi connectivity index (χ3n) is 4.54. The van der Waals surface area contributed by atoms with Crippen molar-refractivity contribution in [2.45, 2.75) is 39.8 Å². The lowest BCUT2D eigenvalue weighted by molar-refractivity contribution is -0.143. The molecule has 5 nitrogen and oxygen atoms in total. The predicted molar refractivity (Wildman–Crippen MR) is 102 cm³/mol. The third-order valence-corrected chi connectivity index (χ3v) is 8.21. The maximum Gasteiger partial charge on any atom is 0.315 e. The van der Waals surface area contributed by atoms with Crippen molar-refractivity contribution in [1.29, 1.82) is 0 Å². The Morgan fingerprint density at radius 1 is 0.885 bits per heavy atom. The van der Waals surface area contributed by atoms with Crippen molar-refractivity contribution in [2.75, 3.05) is 0 Å². The van der Waals surface area contributed by atoms with Gasteiger partial charge in [0, 0.05) is 10.6 Å². The molecule has 0 heterocycles. The molecule has 0 fully saturated rings. The van der Waals surface area contributed by atoms with Gasteiger partial charge >= 0.3 is 11.9 Å². The Balaban J connectivity index is 2.91. The highest BCUT2D eigenvalue weighted by molar-refractivity contribution is 7.80. The minimum Gasteiger partial charge on any atom is -0.481 e. The van der Waals surface area contributed by atoms with Crippen LogP contribution in [0, 0.1) is 27.7 Å². The van der Waals surface area contributed by atoms with Crippen LogP contribution in [0.15, 0.2) is 36.4 Å². The molecule has 0 saturated carbocycles. The van der Waals surface area contributed by atoms with Gasteiger partial charge in [0.1, 0.15) is 5.66 Å². The van der Waals surface area contributed by atoms with E-state index in [0.717, 1.165) is 11.1 Å². The van der Waals surface area contributed by atoms with Gasteiger partial charge < -0.3 is 14.8 Å². The number of carboxylic acid groups (broad SMARTS) is 2. The summed E-state index contributed by atoms with van der Waals surface area (Å²) in [5.74, 6) is -2.65. The molecule has 2 rings (SSSR count). The smallest absolute Gasteiger partial charge is 0.315 e. The second kappa shape index (κ2) is 7.46. The zero-order valence-corrected chi connectivity index (χ0v) is 16.2. The van der Waals surface area contributed by atoms with Gasteiger partial charge in [-0.15, -0.1) is 0 Å². The van der Waals surface area contributed by atoms with E-state index in [1.165, 1.54) is 0 Å². The summed E-state index contributed by atoms with van der Waals surface area (Å²) in [5, 5.41) is 19.9. The van der Waals surface area contributed by atoms with E-state index in [4.69, 9.17) is 0 Å². The molecule has 0 amide bonds. The fourth-order valence-electron chi connectivity index (χ4n) is 3.16. The summed E-state index contributed by atoms with van der Waals surface area (Å²) < 4.78 is 14.4. The quantitative estimate of drug-likeness (QED) is 0.758. The maximum absolute atomic E-state index is 14.4. The van der Waals surface area contributed by atoms with Crippen LogP contribution in [0.4, 0.5) is 0 Å². The van der Waals surface area contributed by atoms with E-state index in [0.29, 0.717) is 21.7 Å². The first-order valence-corrected chi connectivity index (χ1v) is 10.0. The van der Waals surface area contributed by atoms with Crippen molar-refractivity contribution >= 4 is 29.7 Å². The Labute approximate surface area is 153 Å². The third kappa shape index (κ3) is 3.73. The van der Waals surface area contributed by atoms with Crippen LogP contribution in [-0.4, -0.2) is 27.8 Å². The molecule has 1 atom stereocenters. The van der Waals surface area contributed by atoms with Crippen LogP contribution in [-0.2, 0) is 14.2 Å². The molecule has 0 radical (unpaired) electrons. The molecule has 0 aliphatic heterocycles. The summed E-state index contributed by atoms with van der Waals surface area (Å²) >= 11 is 0. The largest absolute Gasteiger partial charge is 0.481 e. The van der Waals surface area contributed by atoms with Gasteiger partial charge in [0.15, 0.2) is 7.14 Å². The van der Waals surface area contributed by atoms with Crippen LogP contribution in [0.1, 0.15) is 28.7 Å². The number of aryl methyl sites for hydroxylation is 4. The van der Waals surface area contributed by atoms with Gasteiger partial charge in [-0.3, -0.25) is 9.59 Å². The minimum atomic E-state index is -3.75. The fraction of sp³-hybridized carbons (Fsp3) is 0.300. The Bertz CT molecular complexity index is 861. The summed E-state index contributed by atoms with van der Waals surface area (Å²) in [6, 6.07) is 10.7. The van der Waals surface area contributed by atoms with Crippen molar-refractivity contribution in [1.82, 2.24) is 0 Å². The molecule has 0 aromatic heterocycles. The second-order valence-corrected chi connectivity index (χ2v) is 9.59. The highest BCUT2D eigenvalue weighted by Crippen LogP contribution is 2.52. The average Bonchev–Trinajstić information content (AvgIpc) is 2.56. The van der Waals surface area contributed by atoms with E-state index in [9.17, 15) is 24.4 Å². The molecule has 0 bridgehead atoms. The van der Waals surface area contributed by atoms with Gasteiger partial charge in [0.05, 0.1) is 6.42 Å². The Morgan fingerprint density at radius 2 is 1.31 bits per heavy atom. The Kier molecular flexibility index (Phi) is 5.72. The number of rotatable bonds is 6. The number of carbonyl (C=O) groups is 2. The molecule has 0 aliphatic carbocycles. The molecule has 1 unspecified atom stereocenters. The number of hydrogen-bond acceptors (Lipinski definition) is 3. The molecule has 0 saturated heterocycles. The summed E-state index contributed by atoms with van der Waals surface area (Å²) in [4.78, 5) is 23.3.